The van der Waals surface area contributed by atoms with Crippen molar-refractivity contribution in [3.63, 3.8) is 0 Å². The zero-order chi connectivity index (χ0) is 17.4. The maximum Gasteiger partial charge on any atom is 0.300 e. The summed E-state index contributed by atoms with van der Waals surface area (Å²) in [6.07, 6.45) is 0. The van der Waals surface area contributed by atoms with Crippen molar-refractivity contribution in [2.24, 2.45) is 12.0 Å². The maximum absolute atomic E-state index is 12.3. The second-order valence-electron chi connectivity index (χ2n) is 5.25. The molecule has 0 unspecified atom stereocenters. The van der Waals surface area contributed by atoms with E-state index >= 15 is 0 Å². The van der Waals surface area contributed by atoms with Gasteiger partial charge in [-0.25, -0.2) is 0 Å². The minimum atomic E-state index is -0.436. The van der Waals surface area contributed by atoms with E-state index in [0.29, 0.717) is 11.3 Å². The van der Waals surface area contributed by atoms with Crippen LogP contribution in [0.5, 0.6) is 0 Å². The molecule has 3 aromatic rings. The summed E-state index contributed by atoms with van der Waals surface area (Å²) in [7, 11) is 1.76. The number of nitro groups is 1. The van der Waals surface area contributed by atoms with Gasteiger partial charge in [0.05, 0.1) is 15.1 Å². The standard InChI is InChI=1S/C15H15N5O3S/c1-4-19-12-6-5-10(20(22)23)8-13(12)24-15(19)16-14(21)11-7-9(2)18(3)17-11/h5-8H,4H2,1-3H3. The number of hydrogen-bond acceptors (Lipinski definition) is 5. The third kappa shape index (κ3) is 2.73. The molecule has 0 aliphatic rings. The summed E-state index contributed by atoms with van der Waals surface area (Å²) in [5.41, 5.74) is 1.98. The Morgan fingerprint density at radius 1 is 1.42 bits per heavy atom. The minimum absolute atomic E-state index is 0.0187. The smallest absolute Gasteiger partial charge is 0.300 e. The quantitative estimate of drug-likeness (QED) is 0.538. The van der Waals surface area contributed by atoms with E-state index in [2.05, 4.69) is 10.1 Å². The largest absolute Gasteiger partial charge is 0.317 e. The molecule has 9 heteroatoms. The molecular formula is C15H15N5O3S. The van der Waals surface area contributed by atoms with Crippen LogP contribution in [0.4, 0.5) is 5.69 Å². The second kappa shape index (κ2) is 6.00. The number of rotatable bonds is 3. The van der Waals surface area contributed by atoms with Gasteiger partial charge in [0, 0.05) is 31.4 Å². The number of carbonyl (C=O) groups excluding carboxylic acids is 1. The summed E-state index contributed by atoms with van der Waals surface area (Å²) < 4.78 is 4.19. The summed E-state index contributed by atoms with van der Waals surface area (Å²) in [5.74, 6) is -0.429. The van der Waals surface area contributed by atoms with Crippen molar-refractivity contribution in [1.29, 1.82) is 0 Å². The van der Waals surface area contributed by atoms with E-state index in [9.17, 15) is 14.9 Å². The zero-order valence-corrected chi connectivity index (χ0v) is 14.2. The molecule has 0 aliphatic carbocycles. The van der Waals surface area contributed by atoms with E-state index in [1.807, 2.05) is 18.4 Å². The van der Waals surface area contributed by atoms with E-state index in [4.69, 9.17) is 0 Å². The van der Waals surface area contributed by atoms with E-state index < -0.39 is 10.8 Å². The van der Waals surface area contributed by atoms with Crippen molar-refractivity contribution >= 4 is 33.1 Å². The fourth-order valence-corrected chi connectivity index (χ4v) is 3.50. The van der Waals surface area contributed by atoms with E-state index in [0.717, 1.165) is 15.9 Å². The number of nitro benzene ring substituents is 1. The fourth-order valence-electron chi connectivity index (χ4n) is 2.38. The number of hydrogen-bond donors (Lipinski definition) is 0. The molecule has 8 nitrogen and oxygen atoms in total. The number of fused-ring (bicyclic) bond motifs is 1. The molecule has 0 aliphatic heterocycles. The molecule has 0 fully saturated rings. The average molecular weight is 345 g/mol. The molecule has 24 heavy (non-hydrogen) atoms. The number of nitrogens with zero attached hydrogens (tertiary/aromatic N) is 5. The number of non-ortho nitro benzene ring substituents is 1. The summed E-state index contributed by atoms with van der Waals surface area (Å²) in [6, 6.07) is 6.32. The van der Waals surface area contributed by atoms with Gasteiger partial charge in [-0.05, 0) is 26.0 Å². The summed E-state index contributed by atoms with van der Waals surface area (Å²) in [6.45, 7) is 4.39. The van der Waals surface area contributed by atoms with Gasteiger partial charge in [0.25, 0.3) is 11.6 Å². The zero-order valence-electron chi connectivity index (χ0n) is 13.4. The number of amides is 1. The normalized spacial score (nSPS) is 12.0. The van der Waals surface area contributed by atoms with Crippen molar-refractivity contribution in [1.82, 2.24) is 14.3 Å². The van der Waals surface area contributed by atoms with Crippen LogP contribution in [0, 0.1) is 17.0 Å². The van der Waals surface area contributed by atoms with Crippen molar-refractivity contribution in [2.45, 2.75) is 20.4 Å². The van der Waals surface area contributed by atoms with Crippen LogP contribution in [0.1, 0.15) is 23.1 Å². The Kier molecular flexibility index (Phi) is 4.02. The first-order valence-corrected chi connectivity index (χ1v) is 8.10. The van der Waals surface area contributed by atoms with Gasteiger partial charge in [0.2, 0.25) is 0 Å². The SMILES string of the molecule is CCn1c(=NC(=O)c2cc(C)n(C)n2)sc2cc([N+](=O)[O-])ccc21. The Labute approximate surface area is 140 Å². The lowest BCUT2D eigenvalue weighted by Crippen LogP contribution is -2.16. The molecule has 0 atom stereocenters. The van der Waals surface area contributed by atoms with Crippen LogP contribution in [0.15, 0.2) is 29.3 Å². The van der Waals surface area contributed by atoms with E-state index in [1.165, 1.54) is 23.5 Å². The molecule has 0 spiro atoms. The number of aryl methyl sites for hydroxylation is 3. The molecule has 0 saturated heterocycles. The lowest BCUT2D eigenvalue weighted by atomic mass is 10.3. The van der Waals surface area contributed by atoms with Crippen LogP contribution in [-0.4, -0.2) is 25.2 Å². The molecule has 0 saturated carbocycles. The third-order valence-corrected chi connectivity index (χ3v) is 4.76. The Bertz CT molecular complexity index is 1010. The highest BCUT2D eigenvalue weighted by Crippen LogP contribution is 2.23. The first-order chi connectivity index (χ1) is 11.4. The molecule has 3 rings (SSSR count). The fraction of sp³-hybridized carbons (Fsp3) is 0.267. The van der Waals surface area contributed by atoms with Crippen LogP contribution >= 0.6 is 11.3 Å². The highest BCUT2D eigenvalue weighted by molar-refractivity contribution is 7.16. The lowest BCUT2D eigenvalue weighted by Gasteiger charge is -1.99. The minimum Gasteiger partial charge on any atom is -0.317 e. The number of thiazole rings is 1. The molecule has 124 valence electrons. The van der Waals surface area contributed by atoms with Crippen molar-refractivity contribution in [3.8, 4) is 0 Å². The maximum atomic E-state index is 12.3. The van der Waals surface area contributed by atoms with Crippen LogP contribution in [-0.2, 0) is 13.6 Å². The van der Waals surface area contributed by atoms with Gasteiger partial charge in [0.1, 0.15) is 0 Å². The average Bonchev–Trinajstić information content (AvgIpc) is 3.06. The van der Waals surface area contributed by atoms with E-state index in [1.54, 1.807) is 23.9 Å². The summed E-state index contributed by atoms with van der Waals surface area (Å²) >= 11 is 1.25. The van der Waals surface area contributed by atoms with E-state index in [-0.39, 0.29) is 11.4 Å². The van der Waals surface area contributed by atoms with Crippen LogP contribution < -0.4 is 4.80 Å². The highest BCUT2D eigenvalue weighted by Gasteiger charge is 2.14. The summed E-state index contributed by atoms with van der Waals surface area (Å²) in [4.78, 5) is 27.5. The molecule has 0 radical (unpaired) electrons. The van der Waals surface area contributed by atoms with Gasteiger partial charge in [0.15, 0.2) is 10.5 Å². The third-order valence-electron chi connectivity index (χ3n) is 3.72. The highest BCUT2D eigenvalue weighted by atomic mass is 32.1. The number of aromatic nitrogens is 3. The molecule has 0 N–H and O–H groups in total. The first-order valence-electron chi connectivity index (χ1n) is 7.28. The molecular weight excluding hydrogens is 330 g/mol. The monoisotopic (exact) mass is 345 g/mol. The van der Waals surface area contributed by atoms with Gasteiger partial charge in [-0.1, -0.05) is 11.3 Å². The van der Waals surface area contributed by atoms with Crippen molar-refractivity contribution in [3.05, 3.63) is 50.6 Å². The lowest BCUT2D eigenvalue weighted by molar-refractivity contribution is -0.384. The molecule has 1 amide bonds. The van der Waals surface area contributed by atoms with Gasteiger partial charge in [-0.2, -0.15) is 10.1 Å². The Balaban J connectivity index is 2.13. The van der Waals surface area contributed by atoms with Gasteiger partial charge < -0.3 is 4.57 Å². The van der Waals surface area contributed by atoms with Crippen LogP contribution in [0.25, 0.3) is 10.2 Å². The number of carbonyl (C=O) groups is 1. The Morgan fingerprint density at radius 2 is 2.17 bits per heavy atom. The molecule has 2 heterocycles. The first kappa shape index (κ1) is 16.1. The van der Waals surface area contributed by atoms with Crippen LogP contribution in [0.2, 0.25) is 0 Å². The van der Waals surface area contributed by atoms with Crippen molar-refractivity contribution in [2.75, 3.05) is 0 Å². The number of benzene rings is 1. The Hall–Kier alpha value is -2.81. The summed E-state index contributed by atoms with van der Waals surface area (Å²) in [5, 5.41) is 15.1. The predicted molar refractivity (Wildman–Crippen MR) is 90.0 cm³/mol. The molecule has 1 aromatic carbocycles. The van der Waals surface area contributed by atoms with Gasteiger partial charge in [-0.3, -0.25) is 19.6 Å². The van der Waals surface area contributed by atoms with Gasteiger partial charge >= 0.3 is 0 Å². The Morgan fingerprint density at radius 3 is 2.75 bits per heavy atom. The topological polar surface area (TPSA) is 95.3 Å². The van der Waals surface area contributed by atoms with Crippen LogP contribution in [0.3, 0.4) is 0 Å². The molecule has 0 bridgehead atoms. The van der Waals surface area contributed by atoms with Crippen molar-refractivity contribution < 1.29 is 9.72 Å². The van der Waals surface area contributed by atoms with Gasteiger partial charge in [-0.15, -0.1) is 0 Å². The second-order valence-corrected chi connectivity index (χ2v) is 6.26. The predicted octanol–water partition coefficient (Wildman–Crippen LogP) is 2.41. The molecule has 2 aromatic heterocycles.